The number of amides is 2. The molecule has 2 amide bonds. The summed E-state index contributed by atoms with van der Waals surface area (Å²) in [7, 11) is 0. The highest BCUT2D eigenvalue weighted by Gasteiger charge is 2.32. The zero-order chi connectivity index (χ0) is 15.1. The third-order valence-corrected chi connectivity index (χ3v) is 3.24. The molecule has 0 saturated heterocycles. The van der Waals surface area contributed by atoms with Crippen LogP contribution in [-0.4, -0.2) is 75.4 Å². The number of carbonyl (C=O) groups is 3. The largest absolute Gasteiger partial charge is 0.480 e. The lowest BCUT2D eigenvalue weighted by molar-refractivity contribution is -0.140. The van der Waals surface area contributed by atoms with E-state index in [1.807, 2.05) is 0 Å². The monoisotopic (exact) mass is 288 g/mol. The van der Waals surface area contributed by atoms with Crippen molar-refractivity contribution < 1.29 is 29.7 Å². The molecular weight excluding hydrogens is 268 g/mol. The molecule has 1 rings (SSSR count). The molecule has 1 aliphatic carbocycles. The van der Waals surface area contributed by atoms with Gasteiger partial charge < -0.3 is 25.1 Å². The van der Waals surface area contributed by atoms with Gasteiger partial charge in [-0.2, -0.15) is 0 Å². The molecule has 0 heterocycles. The van der Waals surface area contributed by atoms with E-state index < -0.39 is 31.1 Å². The molecule has 1 aliphatic rings. The quantitative estimate of drug-likeness (QED) is 0.570. The molecule has 0 bridgehead atoms. The molecule has 0 aromatic rings. The first-order chi connectivity index (χ1) is 9.45. The van der Waals surface area contributed by atoms with E-state index >= 15 is 0 Å². The van der Waals surface area contributed by atoms with Crippen molar-refractivity contribution in [2.24, 2.45) is 0 Å². The number of nitrogens with zero attached hydrogens (tertiary/aromatic N) is 2. The SMILES string of the molecule is O=C(O)CN(CC(=O)O)C(=O)N(CCCO)C1CCC1. The highest BCUT2D eigenvalue weighted by atomic mass is 16.4. The number of aliphatic carboxylic acids is 2. The Hall–Kier alpha value is -1.83. The van der Waals surface area contributed by atoms with Gasteiger partial charge in [0.05, 0.1) is 0 Å². The Morgan fingerprint density at radius 3 is 1.95 bits per heavy atom. The third kappa shape index (κ3) is 4.69. The number of carbonyl (C=O) groups excluding carboxylic acids is 1. The molecular formula is C12H20N2O6. The van der Waals surface area contributed by atoms with E-state index in [4.69, 9.17) is 15.3 Å². The standard InChI is InChI=1S/C12H20N2O6/c15-6-2-5-14(9-3-1-4-9)12(20)13(7-10(16)17)8-11(18)19/h9,15H,1-8H2,(H,16,17)(H,18,19). The second-order valence-electron chi connectivity index (χ2n) is 4.78. The summed E-state index contributed by atoms with van der Waals surface area (Å²) in [5.74, 6) is -2.51. The summed E-state index contributed by atoms with van der Waals surface area (Å²) >= 11 is 0. The van der Waals surface area contributed by atoms with E-state index in [9.17, 15) is 14.4 Å². The second-order valence-corrected chi connectivity index (χ2v) is 4.78. The van der Waals surface area contributed by atoms with Gasteiger partial charge in [0.15, 0.2) is 0 Å². The van der Waals surface area contributed by atoms with Crippen LogP contribution in [0.1, 0.15) is 25.7 Å². The summed E-state index contributed by atoms with van der Waals surface area (Å²) in [6.45, 7) is -1.06. The number of hydrogen-bond donors (Lipinski definition) is 3. The molecule has 8 heteroatoms. The molecule has 0 aromatic heterocycles. The van der Waals surface area contributed by atoms with E-state index in [0.29, 0.717) is 13.0 Å². The van der Waals surface area contributed by atoms with Gasteiger partial charge in [-0.1, -0.05) is 0 Å². The fourth-order valence-corrected chi connectivity index (χ4v) is 2.07. The molecule has 20 heavy (non-hydrogen) atoms. The minimum Gasteiger partial charge on any atom is -0.480 e. The molecule has 0 radical (unpaired) electrons. The maximum atomic E-state index is 12.3. The molecule has 114 valence electrons. The second kappa shape index (κ2) is 7.68. The van der Waals surface area contributed by atoms with Crippen LogP contribution in [0.15, 0.2) is 0 Å². The van der Waals surface area contributed by atoms with Crippen molar-refractivity contribution in [1.82, 2.24) is 9.80 Å². The van der Waals surface area contributed by atoms with Gasteiger partial charge in [-0.15, -0.1) is 0 Å². The Bertz CT molecular complexity index is 353. The first-order valence-electron chi connectivity index (χ1n) is 6.55. The Balaban J connectivity index is 2.75. The zero-order valence-electron chi connectivity index (χ0n) is 11.2. The van der Waals surface area contributed by atoms with Crippen LogP contribution in [0.3, 0.4) is 0 Å². The smallest absolute Gasteiger partial charge is 0.323 e. The van der Waals surface area contributed by atoms with E-state index in [2.05, 4.69) is 0 Å². The van der Waals surface area contributed by atoms with Gasteiger partial charge in [-0.3, -0.25) is 9.59 Å². The van der Waals surface area contributed by atoms with Crippen molar-refractivity contribution in [1.29, 1.82) is 0 Å². The number of carboxylic acid groups (broad SMARTS) is 2. The van der Waals surface area contributed by atoms with Crippen molar-refractivity contribution in [3.05, 3.63) is 0 Å². The van der Waals surface area contributed by atoms with Crippen molar-refractivity contribution in [3.63, 3.8) is 0 Å². The minimum absolute atomic E-state index is 0.0131. The molecule has 1 fully saturated rings. The number of carboxylic acids is 2. The van der Waals surface area contributed by atoms with Crippen molar-refractivity contribution in [2.45, 2.75) is 31.7 Å². The zero-order valence-corrected chi connectivity index (χ0v) is 11.2. The van der Waals surface area contributed by atoms with E-state index in [1.54, 1.807) is 0 Å². The number of aliphatic hydroxyl groups is 1. The van der Waals surface area contributed by atoms with E-state index in [-0.39, 0.29) is 12.6 Å². The van der Waals surface area contributed by atoms with Gasteiger partial charge in [-0.25, -0.2) is 4.79 Å². The molecule has 1 saturated carbocycles. The van der Waals surface area contributed by atoms with Gasteiger partial charge in [0.25, 0.3) is 0 Å². The molecule has 0 aromatic carbocycles. The van der Waals surface area contributed by atoms with Crippen LogP contribution in [-0.2, 0) is 9.59 Å². The fraction of sp³-hybridized carbons (Fsp3) is 0.750. The Labute approximate surface area is 116 Å². The Morgan fingerprint density at radius 2 is 1.60 bits per heavy atom. The molecule has 0 aliphatic heterocycles. The van der Waals surface area contributed by atoms with Gasteiger partial charge in [0.2, 0.25) is 0 Å². The summed E-state index contributed by atoms with van der Waals surface area (Å²) in [6, 6.07) is -0.577. The summed E-state index contributed by atoms with van der Waals surface area (Å²) in [6.07, 6.45) is 3.03. The third-order valence-electron chi connectivity index (χ3n) is 3.24. The first-order valence-corrected chi connectivity index (χ1v) is 6.55. The number of hydrogen-bond acceptors (Lipinski definition) is 4. The molecule has 3 N–H and O–H groups in total. The van der Waals surface area contributed by atoms with Crippen LogP contribution < -0.4 is 0 Å². The van der Waals surface area contributed by atoms with Crippen LogP contribution in [0, 0.1) is 0 Å². The van der Waals surface area contributed by atoms with Crippen LogP contribution >= 0.6 is 0 Å². The van der Waals surface area contributed by atoms with Crippen LogP contribution in [0.4, 0.5) is 4.79 Å². The van der Waals surface area contributed by atoms with Crippen molar-refractivity contribution in [2.75, 3.05) is 26.2 Å². The maximum Gasteiger partial charge on any atom is 0.323 e. The van der Waals surface area contributed by atoms with Crippen LogP contribution in [0.5, 0.6) is 0 Å². The van der Waals surface area contributed by atoms with E-state index in [0.717, 1.165) is 24.2 Å². The van der Waals surface area contributed by atoms with Gasteiger partial charge >= 0.3 is 18.0 Å². The first kappa shape index (κ1) is 16.2. The lowest BCUT2D eigenvalue weighted by Crippen LogP contribution is -2.53. The highest BCUT2D eigenvalue weighted by Crippen LogP contribution is 2.25. The summed E-state index contributed by atoms with van der Waals surface area (Å²) < 4.78 is 0. The average Bonchev–Trinajstić information content (AvgIpc) is 2.29. The van der Waals surface area contributed by atoms with Crippen molar-refractivity contribution >= 4 is 18.0 Å². The fourth-order valence-electron chi connectivity index (χ4n) is 2.07. The molecule has 0 atom stereocenters. The van der Waals surface area contributed by atoms with Gasteiger partial charge in [0, 0.05) is 19.2 Å². The van der Waals surface area contributed by atoms with Crippen LogP contribution in [0.25, 0.3) is 0 Å². The molecule has 0 spiro atoms. The average molecular weight is 288 g/mol. The Kier molecular flexibility index (Phi) is 6.23. The number of rotatable bonds is 8. The van der Waals surface area contributed by atoms with E-state index in [1.165, 1.54) is 4.90 Å². The lowest BCUT2D eigenvalue weighted by Gasteiger charge is -2.39. The topological polar surface area (TPSA) is 118 Å². The predicted octanol–water partition coefficient (Wildman–Crippen LogP) is -0.185. The summed E-state index contributed by atoms with van der Waals surface area (Å²) in [5.41, 5.74) is 0. The maximum absolute atomic E-state index is 12.3. The van der Waals surface area contributed by atoms with Gasteiger partial charge in [0.1, 0.15) is 13.1 Å². The minimum atomic E-state index is -1.25. The normalized spacial score (nSPS) is 14.4. The van der Waals surface area contributed by atoms with Gasteiger partial charge in [-0.05, 0) is 25.7 Å². The molecule has 8 nitrogen and oxygen atoms in total. The summed E-state index contributed by atoms with van der Waals surface area (Å²) in [5, 5.41) is 26.4. The Morgan fingerprint density at radius 1 is 1.05 bits per heavy atom. The predicted molar refractivity (Wildman–Crippen MR) is 68.3 cm³/mol. The van der Waals surface area contributed by atoms with Crippen LogP contribution in [0.2, 0.25) is 0 Å². The molecule has 0 unspecified atom stereocenters. The highest BCUT2D eigenvalue weighted by molar-refractivity contribution is 5.84. The number of aliphatic hydroxyl groups excluding tert-OH is 1. The lowest BCUT2D eigenvalue weighted by atomic mass is 9.91. The summed E-state index contributed by atoms with van der Waals surface area (Å²) in [4.78, 5) is 36.1. The number of urea groups is 1. The van der Waals surface area contributed by atoms with Crippen molar-refractivity contribution in [3.8, 4) is 0 Å².